The molecule has 0 saturated heterocycles. The van der Waals surface area contributed by atoms with Crippen LogP contribution in [-0.2, 0) is 0 Å². The average molecular weight is 344 g/mol. The maximum Gasteiger partial charge on any atom is 0.257 e. The highest BCUT2D eigenvalue weighted by Gasteiger charge is 2.10. The van der Waals surface area contributed by atoms with Crippen molar-refractivity contribution in [3.63, 3.8) is 0 Å². The molecule has 128 valence electrons. The van der Waals surface area contributed by atoms with Gasteiger partial charge in [0.25, 0.3) is 5.91 Å². The molecule has 0 atom stereocenters. The predicted molar refractivity (Wildman–Crippen MR) is 99.5 cm³/mol. The lowest BCUT2D eigenvalue weighted by atomic mass is 10.2. The van der Waals surface area contributed by atoms with Crippen LogP contribution in [0.4, 0.5) is 5.95 Å². The van der Waals surface area contributed by atoms with Crippen molar-refractivity contribution in [2.24, 2.45) is 0 Å². The molecular formula is C20H16N4O2. The van der Waals surface area contributed by atoms with Gasteiger partial charge in [0.1, 0.15) is 11.5 Å². The van der Waals surface area contributed by atoms with Crippen LogP contribution in [-0.4, -0.2) is 20.9 Å². The minimum Gasteiger partial charge on any atom is -0.456 e. The van der Waals surface area contributed by atoms with Crippen LogP contribution in [0.25, 0.3) is 11.0 Å². The van der Waals surface area contributed by atoms with Gasteiger partial charge in [0.05, 0.1) is 17.2 Å². The number of aromatic nitrogens is 3. The molecule has 2 N–H and O–H groups in total. The summed E-state index contributed by atoms with van der Waals surface area (Å²) in [6, 6.07) is 16.4. The third-order valence-electron chi connectivity index (χ3n) is 3.86. The number of hydrogen-bond donors (Lipinski definition) is 2. The van der Waals surface area contributed by atoms with Gasteiger partial charge >= 0.3 is 0 Å². The molecule has 0 bridgehead atoms. The third kappa shape index (κ3) is 3.39. The molecule has 0 saturated carbocycles. The summed E-state index contributed by atoms with van der Waals surface area (Å²) in [6.45, 7) is 2.01. The van der Waals surface area contributed by atoms with Crippen molar-refractivity contribution in [3.05, 3.63) is 78.1 Å². The number of carbonyl (C=O) groups is 1. The Kier molecular flexibility index (Phi) is 4.07. The van der Waals surface area contributed by atoms with Gasteiger partial charge in [0, 0.05) is 11.8 Å². The summed E-state index contributed by atoms with van der Waals surface area (Å²) in [4.78, 5) is 23.9. The van der Waals surface area contributed by atoms with Crippen molar-refractivity contribution in [1.82, 2.24) is 15.0 Å². The van der Waals surface area contributed by atoms with Crippen molar-refractivity contribution in [1.29, 1.82) is 0 Å². The van der Waals surface area contributed by atoms with Crippen LogP contribution in [0, 0.1) is 6.92 Å². The van der Waals surface area contributed by atoms with Crippen LogP contribution < -0.4 is 10.1 Å². The van der Waals surface area contributed by atoms with Crippen molar-refractivity contribution in [2.45, 2.75) is 6.92 Å². The molecule has 4 rings (SSSR count). The van der Waals surface area contributed by atoms with Gasteiger partial charge in [-0.3, -0.25) is 15.1 Å². The van der Waals surface area contributed by atoms with Crippen LogP contribution in [0.3, 0.4) is 0 Å². The van der Waals surface area contributed by atoms with Crippen molar-refractivity contribution in [3.8, 4) is 11.5 Å². The first-order valence-corrected chi connectivity index (χ1v) is 8.13. The lowest BCUT2D eigenvalue weighted by Gasteiger charge is -2.06. The molecule has 0 unspecified atom stereocenters. The molecule has 0 radical (unpaired) electrons. The van der Waals surface area contributed by atoms with Gasteiger partial charge in [-0.25, -0.2) is 4.98 Å². The Hall–Kier alpha value is -3.67. The van der Waals surface area contributed by atoms with Crippen LogP contribution in [0.2, 0.25) is 0 Å². The molecule has 0 aliphatic heterocycles. The fourth-order valence-electron chi connectivity index (χ4n) is 2.58. The van der Waals surface area contributed by atoms with Gasteiger partial charge in [-0.15, -0.1) is 0 Å². The second-order valence-corrected chi connectivity index (χ2v) is 5.88. The van der Waals surface area contributed by atoms with E-state index in [1.54, 1.807) is 42.7 Å². The number of benzene rings is 2. The fraction of sp³-hybridized carbons (Fsp3) is 0.0500. The quantitative estimate of drug-likeness (QED) is 0.578. The first-order valence-electron chi connectivity index (χ1n) is 8.13. The Morgan fingerprint density at radius 1 is 1.08 bits per heavy atom. The number of hydrogen-bond acceptors (Lipinski definition) is 4. The van der Waals surface area contributed by atoms with E-state index >= 15 is 0 Å². The van der Waals surface area contributed by atoms with E-state index in [4.69, 9.17) is 4.74 Å². The smallest absolute Gasteiger partial charge is 0.257 e. The minimum absolute atomic E-state index is 0.242. The van der Waals surface area contributed by atoms with E-state index in [0.717, 1.165) is 16.6 Å². The normalized spacial score (nSPS) is 10.7. The van der Waals surface area contributed by atoms with E-state index in [-0.39, 0.29) is 5.91 Å². The van der Waals surface area contributed by atoms with Crippen molar-refractivity contribution in [2.75, 3.05) is 5.32 Å². The van der Waals surface area contributed by atoms with Gasteiger partial charge in [-0.05, 0) is 61.0 Å². The molecule has 2 heterocycles. The summed E-state index contributed by atoms with van der Waals surface area (Å²) in [5.74, 6) is 1.45. The predicted octanol–water partition coefficient (Wildman–Crippen LogP) is 4.31. The topological polar surface area (TPSA) is 79.9 Å². The first kappa shape index (κ1) is 15.8. The Bertz CT molecular complexity index is 1060. The van der Waals surface area contributed by atoms with Gasteiger partial charge in [-0.2, -0.15) is 0 Å². The molecule has 4 aromatic rings. The number of nitrogens with one attached hydrogen (secondary N) is 2. The number of rotatable bonds is 4. The number of aryl methyl sites for hydroxylation is 1. The zero-order valence-electron chi connectivity index (χ0n) is 14.1. The van der Waals surface area contributed by atoms with Crippen molar-refractivity contribution >= 4 is 22.9 Å². The highest BCUT2D eigenvalue weighted by molar-refractivity contribution is 6.04. The number of imidazole rings is 1. The van der Waals surface area contributed by atoms with E-state index in [9.17, 15) is 4.79 Å². The standard InChI is InChI=1S/C20H16N4O2/c1-13-4-9-17-18(11-13)23-20(22-17)24-19(25)14-5-7-15(8-6-14)26-16-3-2-10-21-12-16/h2-12H,1H3,(H2,22,23,24,25). The van der Waals surface area contributed by atoms with Gasteiger partial charge in [-0.1, -0.05) is 6.07 Å². The summed E-state index contributed by atoms with van der Waals surface area (Å²) < 4.78 is 5.67. The molecule has 0 aliphatic carbocycles. The molecule has 0 spiro atoms. The largest absolute Gasteiger partial charge is 0.456 e. The molecule has 6 heteroatoms. The van der Waals surface area contributed by atoms with Gasteiger partial charge in [0.15, 0.2) is 0 Å². The van der Waals surface area contributed by atoms with Crippen LogP contribution >= 0.6 is 0 Å². The Morgan fingerprint density at radius 2 is 1.92 bits per heavy atom. The minimum atomic E-state index is -0.242. The number of ether oxygens (including phenoxy) is 1. The van der Waals surface area contributed by atoms with E-state index in [0.29, 0.717) is 23.0 Å². The lowest BCUT2D eigenvalue weighted by molar-refractivity contribution is 0.102. The molecule has 26 heavy (non-hydrogen) atoms. The van der Waals surface area contributed by atoms with E-state index in [1.165, 1.54) is 0 Å². The number of anilines is 1. The lowest BCUT2D eigenvalue weighted by Crippen LogP contribution is -2.12. The van der Waals surface area contributed by atoms with Crippen LogP contribution in [0.1, 0.15) is 15.9 Å². The molecule has 0 aliphatic rings. The zero-order chi connectivity index (χ0) is 17.9. The Morgan fingerprint density at radius 3 is 2.69 bits per heavy atom. The SMILES string of the molecule is Cc1ccc2nc(NC(=O)c3ccc(Oc4cccnc4)cc3)[nH]c2c1. The number of H-pyrrole nitrogens is 1. The second kappa shape index (κ2) is 6.68. The number of nitrogens with zero attached hydrogens (tertiary/aromatic N) is 2. The third-order valence-corrected chi connectivity index (χ3v) is 3.86. The fourth-order valence-corrected chi connectivity index (χ4v) is 2.58. The van der Waals surface area contributed by atoms with Gasteiger partial charge in [0.2, 0.25) is 5.95 Å². The highest BCUT2D eigenvalue weighted by atomic mass is 16.5. The number of carbonyl (C=O) groups excluding carboxylic acids is 1. The van der Waals surface area contributed by atoms with E-state index < -0.39 is 0 Å². The van der Waals surface area contributed by atoms with E-state index in [1.807, 2.05) is 31.2 Å². The Labute approximate surface area is 149 Å². The highest BCUT2D eigenvalue weighted by Crippen LogP contribution is 2.21. The molecule has 2 aromatic carbocycles. The van der Waals surface area contributed by atoms with Crippen LogP contribution in [0.5, 0.6) is 11.5 Å². The summed E-state index contributed by atoms with van der Waals surface area (Å²) in [7, 11) is 0. The number of aromatic amines is 1. The average Bonchev–Trinajstić information content (AvgIpc) is 3.04. The molecule has 6 nitrogen and oxygen atoms in total. The second-order valence-electron chi connectivity index (χ2n) is 5.88. The summed E-state index contributed by atoms with van der Waals surface area (Å²) in [5.41, 5.74) is 3.34. The molecule has 0 fully saturated rings. The van der Waals surface area contributed by atoms with E-state index in [2.05, 4.69) is 20.3 Å². The number of pyridine rings is 1. The molecule has 1 amide bonds. The number of fused-ring (bicyclic) bond motifs is 1. The van der Waals surface area contributed by atoms with Crippen molar-refractivity contribution < 1.29 is 9.53 Å². The summed E-state index contributed by atoms with van der Waals surface area (Å²) >= 11 is 0. The first-order chi connectivity index (χ1) is 12.7. The molecular weight excluding hydrogens is 328 g/mol. The Balaban J connectivity index is 1.47. The molecule has 2 aromatic heterocycles. The maximum absolute atomic E-state index is 12.4. The summed E-state index contributed by atoms with van der Waals surface area (Å²) in [5, 5.41) is 2.78. The van der Waals surface area contributed by atoms with Crippen LogP contribution in [0.15, 0.2) is 67.0 Å². The maximum atomic E-state index is 12.4. The monoisotopic (exact) mass is 344 g/mol. The van der Waals surface area contributed by atoms with Gasteiger partial charge < -0.3 is 9.72 Å². The number of amides is 1. The summed E-state index contributed by atoms with van der Waals surface area (Å²) in [6.07, 6.45) is 3.31. The zero-order valence-corrected chi connectivity index (χ0v) is 14.1.